The molecule has 0 radical (unpaired) electrons. The van der Waals surface area contributed by atoms with Gasteiger partial charge in [0, 0.05) is 25.0 Å². The van der Waals surface area contributed by atoms with Crippen LogP contribution in [0.4, 0.5) is 0 Å². The van der Waals surface area contributed by atoms with E-state index >= 15 is 0 Å². The van der Waals surface area contributed by atoms with Gasteiger partial charge in [0.2, 0.25) is 11.6 Å². The number of esters is 2. The maximum Gasteiger partial charge on any atom is 0.308 e. The summed E-state index contributed by atoms with van der Waals surface area (Å²) in [5.41, 5.74) is -2.62. The van der Waals surface area contributed by atoms with Crippen LogP contribution in [0.1, 0.15) is 45.7 Å². The molecular weight excluding hydrogens is 408 g/mol. The molecule has 1 N–H and O–H groups in total. The summed E-state index contributed by atoms with van der Waals surface area (Å²) in [6.45, 7) is 2.12. The second-order valence-electron chi connectivity index (χ2n) is 6.82. The second-order valence-corrected chi connectivity index (χ2v) is 6.82. The normalized spacial score (nSPS) is 14.0. The maximum absolute atomic E-state index is 13.4. The number of carboxylic acid groups (broad SMARTS) is 1. The van der Waals surface area contributed by atoms with E-state index in [1.165, 1.54) is 31.4 Å². The molecule has 1 aliphatic rings. The molecule has 31 heavy (non-hydrogen) atoms. The molecule has 0 saturated heterocycles. The molecule has 0 fully saturated rings. The van der Waals surface area contributed by atoms with Gasteiger partial charge < -0.3 is 19.3 Å². The van der Waals surface area contributed by atoms with Gasteiger partial charge in [-0.25, -0.2) is 0 Å². The van der Waals surface area contributed by atoms with Crippen molar-refractivity contribution in [2.45, 2.75) is 25.9 Å². The van der Waals surface area contributed by atoms with Gasteiger partial charge in [0.05, 0.1) is 19.1 Å². The Labute approximate surface area is 176 Å². The molecule has 0 unspecified atom stereocenters. The zero-order valence-electron chi connectivity index (χ0n) is 16.9. The highest BCUT2D eigenvalue weighted by atomic mass is 16.6. The topological polar surface area (TPSA) is 133 Å². The van der Waals surface area contributed by atoms with E-state index in [4.69, 9.17) is 14.2 Å². The first-order valence-corrected chi connectivity index (χ1v) is 9.11. The van der Waals surface area contributed by atoms with E-state index in [0.29, 0.717) is 0 Å². The van der Waals surface area contributed by atoms with E-state index < -0.39 is 41.5 Å². The number of benzene rings is 2. The highest BCUT2D eigenvalue weighted by Crippen LogP contribution is 2.48. The maximum atomic E-state index is 13.4. The third kappa shape index (κ3) is 3.65. The molecule has 0 bridgehead atoms. The molecule has 1 aliphatic carbocycles. The summed E-state index contributed by atoms with van der Waals surface area (Å²) in [6.07, 6.45) is -0.491. The number of hydrogen-bond donors (Lipinski definition) is 1. The molecular formula is C22H18O9. The number of carbonyl (C=O) groups excluding carboxylic acids is 4. The van der Waals surface area contributed by atoms with Crippen LogP contribution >= 0.6 is 0 Å². The lowest BCUT2D eigenvalue weighted by molar-refractivity contribution is -0.149. The molecule has 0 aromatic heterocycles. The van der Waals surface area contributed by atoms with E-state index in [0.717, 1.165) is 13.8 Å². The quantitative estimate of drug-likeness (QED) is 0.419. The summed E-state index contributed by atoms with van der Waals surface area (Å²) in [5, 5.41) is 9.21. The van der Waals surface area contributed by atoms with E-state index in [2.05, 4.69) is 0 Å². The zero-order chi connectivity index (χ0) is 22.9. The summed E-state index contributed by atoms with van der Waals surface area (Å²) in [6, 6.07) is 8.40. The Balaban J connectivity index is 2.40. The number of Topliss-reactive ketones (excluding diaryl/α,β-unsaturated/α-hetero) is 2. The predicted molar refractivity (Wildman–Crippen MR) is 104 cm³/mol. The summed E-state index contributed by atoms with van der Waals surface area (Å²) in [7, 11) is 1.24. The Hall–Kier alpha value is -4.01. The lowest BCUT2D eigenvalue weighted by Gasteiger charge is -2.28. The molecule has 9 heteroatoms. The Kier molecular flexibility index (Phi) is 5.61. The van der Waals surface area contributed by atoms with Crippen LogP contribution in [0.5, 0.6) is 11.5 Å². The summed E-state index contributed by atoms with van der Waals surface area (Å²) < 4.78 is 15.8. The van der Waals surface area contributed by atoms with Crippen LogP contribution in [-0.2, 0) is 31.1 Å². The van der Waals surface area contributed by atoms with Crippen molar-refractivity contribution in [1.29, 1.82) is 0 Å². The van der Waals surface area contributed by atoms with Crippen LogP contribution in [0.3, 0.4) is 0 Å². The van der Waals surface area contributed by atoms with Gasteiger partial charge in [-0.1, -0.05) is 24.3 Å². The molecule has 0 spiro atoms. The first-order valence-electron chi connectivity index (χ1n) is 9.11. The van der Waals surface area contributed by atoms with Gasteiger partial charge in [-0.3, -0.25) is 24.0 Å². The van der Waals surface area contributed by atoms with Crippen LogP contribution in [0.25, 0.3) is 0 Å². The predicted octanol–water partition coefficient (Wildman–Crippen LogP) is 2.09. The van der Waals surface area contributed by atoms with Crippen molar-refractivity contribution >= 4 is 29.5 Å². The average Bonchev–Trinajstić information content (AvgIpc) is 2.90. The van der Waals surface area contributed by atoms with Gasteiger partial charge in [0.1, 0.15) is 0 Å². The molecule has 160 valence electrons. The number of carboxylic acids is 1. The van der Waals surface area contributed by atoms with Crippen LogP contribution < -0.4 is 9.47 Å². The van der Waals surface area contributed by atoms with Crippen LogP contribution in [0.15, 0.2) is 36.4 Å². The van der Waals surface area contributed by atoms with Crippen LogP contribution in [0, 0.1) is 0 Å². The summed E-state index contributed by atoms with van der Waals surface area (Å²) in [4.78, 5) is 61.9. The molecule has 0 atom stereocenters. The Morgan fingerprint density at radius 1 is 0.968 bits per heavy atom. The van der Waals surface area contributed by atoms with Crippen molar-refractivity contribution in [2.24, 2.45) is 0 Å². The molecule has 0 amide bonds. The van der Waals surface area contributed by atoms with Crippen LogP contribution in [0.2, 0.25) is 0 Å². The molecule has 0 saturated carbocycles. The Bertz CT molecular complexity index is 1090. The summed E-state index contributed by atoms with van der Waals surface area (Å²) >= 11 is 0. The molecule has 0 heterocycles. The van der Waals surface area contributed by atoms with Gasteiger partial charge in [-0.2, -0.15) is 0 Å². The third-order valence-electron chi connectivity index (χ3n) is 4.67. The number of carbonyl (C=O) groups is 5. The minimum atomic E-state index is -2.50. The van der Waals surface area contributed by atoms with Crippen molar-refractivity contribution in [2.75, 3.05) is 7.11 Å². The number of hydrogen-bond acceptors (Lipinski definition) is 8. The molecule has 2 aromatic rings. The number of methoxy groups -OCH3 is 1. The van der Waals surface area contributed by atoms with E-state index in [1.54, 1.807) is 12.1 Å². The number of aliphatic carboxylic acids is 1. The van der Waals surface area contributed by atoms with Crippen molar-refractivity contribution < 1.29 is 43.3 Å². The summed E-state index contributed by atoms with van der Waals surface area (Å²) in [5.74, 6) is -5.03. The number of rotatable bonds is 6. The molecule has 3 rings (SSSR count). The first kappa shape index (κ1) is 21.7. The fourth-order valence-electron chi connectivity index (χ4n) is 3.57. The third-order valence-corrected chi connectivity index (χ3v) is 4.67. The van der Waals surface area contributed by atoms with E-state index in [-0.39, 0.29) is 33.8 Å². The molecule has 2 aromatic carbocycles. The highest BCUT2D eigenvalue weighted by Gasteiger charge is 2.59. The van der Waals surface area contributed by atoms with E-state index in [1.807, 2.05) is 0 Å². The van der Waals surface area contributed by atoms with Crippen molar-refractivity contribution in [3.05, 3.63) is 58.7 Å². The van der Waals surface area contributed by atoms with Gasteiger partial charge >= 0.3 is 17.9 Å². The minimum Gasteiger partial charge on any atom is -0.493 e. The van der Waals surface area contributed by atoms with Gasteiger partial charge in [-0.15, -0.1) is 0 Å². The van der Waals surface area contributed by atoms with Crippen LogP contribution in [-0.4, -0.2) is 41.7 Å². The van der Waals surface area contributed by atoms with E-state index in [9.17, 15) is 29.1 Å². The second kappa shape index (κ2) is 8.02. The Morgan fingerprint density at radius 3 is 2.00 bits per heavy atom. The number of fused-ring (bicyclic) bond motifs is 1. The molecule has 0 aliphatic heterocycles. The van der Waals surface area contributed by atoms with Gasteiger partial charge in [0.25, 0.3) is 5.60 Å². The largest absolute Gasteiger partial charge is 0.493 e. The lowest BCUT2D eigenvalue weighted by atomic mass is 9.85. The smallest absolute Gasteiger partial charge is 0.308 e. The minimum absolute atomic E-state index is 0.0186. The standard InChI is InChI=1S/C22H18O9/c1-11(23)30-19-16(8-13(10-18(25)26)9-17(19)29-3)22(31-12(2)24)20(27)14-6-4-5-7-15(14)21(22)28/h4-9H,10H2,1-3H3,(H,25,26). The van der Waals surface area contributed by atoms with Crippen molar-refractivity contribution in [3.63, 3.8) is 0 Å². The SMILES string of the molecule is COc1cc(CC(=O)O)cc(C2(OC(C)=O)C(=O)c3ccccc3C2=O)c1OC(C)=O. The first-order chi connectivity index (χ1) is 14.6. The average molecular weight is 426 g/mol. The lowest BCUT2D eigenvalue weighted by Crippen LogP contribution is -2.43. The number of ketones is 2. The Morgan fingerprint density at radius 2 is 1.55 bits per heavy atom. The molecule has 9 nitrogen and oxygen atoms in total. The zero-order valence-corrected chi connectivity index (χ0v) is 16.9. The monoisotopic (exact) mass is 426 g/mol. The van der Waals surface area contributed by atoms with Crippen molar-refractivity contribution in [1.82, 2.24) is 0 Å². The highest BCUT2D eigenvalue weighted by molar-refractivity contribution is 6.33. The van der Waals surface area contributed by atoms with Gasteiger partial charge in [0.15, 0.2) is 11.5 Å². The van der Waals surface area contributed by atoms with Crippen molar-refractivity contribution in [3.8, 4) is 11.5 Å². The fourth-order valence-corrected chi connectivity index (χ4v) is 3.57. The fraction of sp³-hybridized carbons (Fsp3) is 0.227. The van der Waals surface area contributed by atoms with Gasteiger partial charge in [-0.05, 0) is 17.7 Å². The number of ether oxygens (including phenoxy) is 3.